The standard InChI is InChI=1S/C10H13BrClN/c1-6(2)10(13)7-3-8(11)5-9(12)4-7/h3-6,10H,13H2,1-2H3/t10-/m0/s1. The second kappa shape index (κ2) is 4.45. The molecule has 0 aromatic heterocycles. The Labute approximate surface area is 92.4 Å². The lowest BCUT2D eigenvalue weighted by Crippen LogP contribution is -2.16. The van der Waals surface area contributed by atoms with Crippen LogP contribution < -0.4 is 5.73 Å². The summed E-state index contributed by atoms with van der Waals surface area (Å²) in [6, 6.07) is 5.83. The first kappa shape index (κ1) is 11.0. The van der Waals surface area contributed by atoms with Gasteiger partial charge in [-0.3, -0.25) is 0 Å². The molecule has 0 saturated carbocycles. The van der Waals surface area contributed by atoms with Gasteiger partial charge in [-0.25, -0.2) is 0 Å². The highest BCUT2D eigenvalue weighted by Crippen LogP contribution is 2.26. The molecule has 0 aliphatic heterocycles. The molecule has 1 atom stereocenters. The van der Waals surface area contributed by atoms with E-state index in [4.69, 9.17) is 17.3 Å². The number of nitrogens with two attached hydrogens (primary N) is 1. The number of hydrogen-bond acceptors (Lipinski definition) is 1. The lowest BCUT2D eigenvalue weighted by Gasteiger charge is -2.16. The molecule has 0 amide bonds. The molecule has 0 aliphatic rings. The third-order valence-corrected chi connectivity index (χ3v) is 2.66. The molecule has 2 N–H and O–H groups in total. The van der Waals surface area contributed by atoms with E-state index in [0.29, 0.717) is 5.92 Å². The molecule has 1 aromatic rings. The van der Waals surface area contributed by atoms with Gasteiger partial charge in [0.15, 0.2) is 0 Å². The smallest absolute Gasteiger partial charge is 0.0420 e. The Balaban J connectivity index is 3.01. The van der Waals surface area contributed by atoms with Gasteiger partial charge in [-0.2, -0.15) is 0 Å². The quantitative estimate of drug-likeness (QED) is 0.863. The summed E-state index contributed by atoms with van der Waals surface area (Å²) in [5.74, 6) is 0.422. The lowest BCUT2D eigenvalue weighted by atomic mass is 9.97. The van der Waals surface area contributed by atoms with Gasteiger partial charge in [0.05, 0.1) is 0 Å². The molecule has 72 valence electrons. The zero-order chi connectivity index (χ0) is 10.0. The van der Waals surface area contributed by atoms with E-state index in [0.717, 1.165) is 15.1 Å². The van der Waals surface area contributed by atoms with Crippen LogP contribution in [-0.4, -0.2) is 0 Å². The van der Waals surface area contributed by atoms with Gasteiger partial charge in [0.2, 0.25) is 0 Å². The Hall–Kier alpha value is -0.0500. The van der Waals surface area contributed by atoms with E-state index < -0.39 is 0 Å². The fourth-order valence-electron chi connectivity index (χ4n) is 1.15. The van der Waals surface area contributed by atoms with E-state index in [1.807, 2.05) is 18.2 Å². The minimum Gasteiger partial charge on any atom is -0.324 e. The normalized spacial score (nSPS) is 13.4. The Morgan fingerprint density at radius 3 is 2.38 bits per heavy atom. The molecule has 1 nitrogen and oxygen atoms in total. The molecule has 0 bridgehead atoms. The van der Waals surface area contributed by atoms with Crippen molar-refractivity contribution in [3.63, 3.8) is 0 Å². The van der Waals surface area contributed by atoms with Gasteiger partial charge >= 0.3 is 0 Å². The van der Waals surface area contributed by atoms with Crippen molar-refractivity contribution in [3.8, 4) is 0 Å². The van der Waals surface area contributed by atoms with Crippen molar-refractivity contribution in [1.82, 2.24) is 0 Å². The molecular weight excluding hydrogens is 249 g/mol. The Morgan fingerprint density at radius 2 is 1.92 bits per heavy atom. The van der Waals surface area contributed by atoms with E-state index in [1.165, 1.54) is 0 Å². The van der Waals surface area contributed by atoms with Gasteiger partial charge in [-0.15, -0.1) is 0 Å². The minimum absolute atomic E-state index is 0.0509. The SMILES string of the molecule is CC(C)[C@H](N)c1cc(Cl)cc(Br)c1. The monoisotopic (exact) mass is 261 g/mol. The minimum atomic E-state index is 0.0509. The summed E-state index contributed by atoms with van der Waals surface area (Å²) in [7, 11) is 0. The molecule has 0 radical (unpaired) electrons. The van der Waals surface area contributed by atoms with Crippen LogP contribution in [0.2, 0.25) is 5.02 Å². The van der Waals surface area contributed by atoms with Crippen molar-refractivity contribution in [1.29, 1.82) is 0 Å². The number of benzene rings is 1. The van der Waals surface area contributed by atoms with Gasteiger partial charge in [-0.1, -0.05) is 41.4 Å². The van der Waals surface area contributed by atoms with Gasteiger partial charge in [-0.05, 0) is 29.7 Å². The van der Waals surface area contributed by atoms with Crippen LogP contribution in [0.5, 0.6) is 0 Å². The van der Waals surface area contributed by atoms with Crippen LogP contribution in [0.1, 0.15) is 25.5 Å². The second-order valence-electron chi connectivity index (χ2n) is 3.47. The molecule has 0 saturated heterocycles. The molecule has 0 unspecified atom stereocenters. The fourth-order valence-corrected chi connectivity index (χ4v) is 2.04. The van der Waals surface area contributed by atoms with Gasteiger partial charge in [0.25, 0.3) is 0 Å². The van der Waals surface area contributed by atoms with E-state index in [9.17, 15) is 0 Å². The maximum atomic E-state index is 6.00. The maximum Gasteiger partial charge on any atom is 0.0420 e. The van der Waals surface area contributed by atoms with Crippen LogP contribution in [-0.2, 0) is 0 Å². The summed E-state index contributed by atoms with van der Waals surface area (Å²) in [5.41, 5.74) is 7.07. The van der Waals surface area contributed by atoms with Crippen LogP contribution >= 0.6 is 27.5 Å². The van der Waals surface area contributed by atoms with Crippen LogP contribution in [0.25, 0.3) is 0 Å². The topological polar surface area (TPSA) is 26.0 Å². The van der Waals surface area contributed by atoms with E-state index in [1.54, 1.807) is 0 Å². The zero-order valence-corrected chi connectivity index (χ0v) is 10.1. The molecule has 13 heavy (non-hydrogen) atoms. The molecule has 0 fully saturated rings. The van der Waals surface area contributed by atoms with Crippen molar-refractivity contribution in [3.05, 3.63) is 33.3 Å². The third kappa shape index (κ3) is 2.97. The second-order valence-corrected chi connectivity index (χ2v) is 4.82. The number of hydrogen-bond donors (Lipinski definition) is 1. The van der Waals surface area contributed by atoms with Crippen LogP contribution in [0, 0.1) is 5.92 Å². The average molecular weight is 263 g/mol. The third-order valence-electron chi connectivity index (χ3n) is 1.99. The van der Waals surface area contributed by atoms with E-state index in [2.05, 4.69) is 29.8 Å². The summed E-state index contributed by atoms with van der Waals surface area (Å²) in [6.07, 6.45) is 0. The van der Waals surface area contributed by atoms with E-state index >= 15 is 0 Å². The van der Waals surface area contributed by atoms with Crippen molar-refractivity contribution >= 4 is 27.5 Å². The van der Waals surface area contributed by atoms with Crippen molar-refractivity contribution in [2.24, 2.45) is 11.7 Å². The maximum absolute atomic E-state index is 6.00. The number of rotatable bonds is 2. The summed E-state index contributed by atoms with van der Waals surface area (Å²) in [6.45, 7) is 4.19. The first-order valence-electron chi connectivity index (χ1n) is 4.22. The fraction of sp³-hybridized carbons (Fsp3) is 0.400. The molecular formula is C10H13BrClN. The molecule has 0 aliphatic carbocycles. The first-order chi connectivity index (χ1) is 6.00. The molecule has 1 aromatic carbocycles. The Kier molecular flexibility index (Phi) is 3.77. The van der Waals surface area contributed by atoms with Crippen LogP contribution in [0.3, 0.4) is 0 Å². The molecule has 3 heteroatoms. The highest BCUT2D eigenvalue weighted by atomic mass is 79.9. The zero-order valence-electron chi connectivity index (χ0n) is 7.72. The van der Waals surface area contributed by atoms with Crippen LogP contribution in [0.4, 0.5) is 0 Å². The largest absolute Gasteiger partial charge is 0.324 e. The van der Waals surface area contributed by atoms with Crippen molar-refractivity contribution in [2.75, 3.05) is 0 Å². The molecule has 0 spiro atoms. The Morgan fingerprint density at radius 1 is 1.31 bits per heavy atom. The Bertz CT molecular complexity index is 279. The summed E-state index contributed by atoms with van der Waals surface area (Å²) in [4.78, 5) is 0. The molecule has 0 heterocycles. The highest BCUT2D eigenvalue weighted by Gasteiger charge is 2.11. The lowest BCUT2D eigenvalue weighted by molar-refractivity contribution is 0.514. The van der Waals surface area contributed by atoms with Gasteiger partial charge < -0.3 is 5.73 Å². The van der Waals surface area contributed by atoms with Gasteiger partial charge in [0, 0.05) is 15.5 Å². The summed E-state index contributed by atoms with van der Waals surface area (Å²) >= 11 is 9.30. The van der Waals surface area contributed by atoms with Crippen LogP contribution in [0.15, 0.2) is 22.7 Å². The average Bonchev–Trinajstić information content (AvgIpc) is 2.01. The summed E-state index contributed by atoms with van der Waals surface area (Å²) in [5, 5.41) is 0.723. The van der Waals surface area contributed by atoms with Gasteiger partial charge in [0.1, 0.15) is 0 Å². The first-order valence-corrected chi connectivity index (χ1v) is 5.39. The van der Waals surface area contributed by atoms with E-state index in [-0.39, 0.29) is 6.04 Å². The van der Waals surface area contributed by atoms with Crippen molar-refractivity contribution in [2.45, 2.75) is 19.9 Å². The highest BCUT2D eigenvalue weighted by molar-refractivity contribution is 9.10. The molecule has 1 rings (SSSR count). The number of halogens is 2. The predicted octanol–water partition coefficient (Wildman–Crippen LogP) is 3.76. The van der Waals surface area contributed by atoms with Crippen molar-refractivity contribution < 1.29 is 0 Å². The predicted molar refractivity (Wildman–Crippen MR) is 60.9 cm³/mol. The summed E-state index contributed by atoms with van der Waals surface area (Å²) < 4.78 is 0.978.